The molecule has 11 heavy (non-hydrogen) atoms. The van der Waals surface area contributed by atoms with Crippen LogP contribution in [0.5, 0.6) is 0 Å². The summed E-state index contributed by atoms with van der Waals surface area (Å²) in [6.45, 7) is 1.90. The molecule has 0 aromatic heterocycles. The predicted molar refractivity (Wildman–Crippen MR) is 46.7 cm³/mol. The first-order valence-corrected chi connectivity index (χ1v) is 4.02. The third-order valence-electron chi connectivity index (χ3n) is 1.74. The Bertz CT molecular complexity index is 208. The van der Waals surface area contributed by atoms with Gasteiger partial charge in [-0.15, -0.1) is 0 Å². The second-order valence-electron chi connectivity index (χ2n) is 2.57. The van der Waals surface area contributed by atoms with Crippen molar-refractivity contribution in [1.82, 2.24) is 0 Å². The van der Waals surface area contributed by atoms with Crippen molar-refractivity contribution in [2.24, 2.45) is 0 Å². The molecule has 60 valence electrons. The van der Waals surface area contributed by atoms with E-state index in [0.717, 1.165) is 5.56 Å². The summed E-state index contributed by atoms with van der Waals surface area (Å²) in [5.41, 5.74) is 0.271. The molecule has 2 atom stereocenters. The highest BCUT2D eigenvalue weighted by Crippen LogP contribution is 2.20. The summed E-state index contributed by atoms with van der Waals surface area (Å²) < 4.78 is 0. The van der Waals surface area contributed by atoms with Gasteiger partial charge in [0.15, 0.2) is 0 Å². The van der Waals surface area contributed by atoms with E-state index in [1.165, 1.54) is 0 Å². The number of aliphatic hydroxyl groups is 1. The maximum Gasteiger partial charge on any atom is 0.134 e. The number of alkyl halides is 1. The Morgan fingerprint density at radius 2 is 1.82 bits per heavy atom. The molecule has 1 N–H and O–H groups in total. The summed E-state index contributed by atoms with van der Waals surface area (Å²) in [6, 6.07) is 9.72. The van der Waals surface area contributed by atoms with Crippen LogP contribution in [0.3, 0.4) is 0 Å². The minimum absolute atomic E-state index is 0.00198. The Labute approximate surface area is 71.6 Å². The highest BCUT2D eigenvalue weighted by atomic mass is 35.5. The molecular weight excluding hydrogens is 160 g/mol. The van der Waals surface area contributed by atoms with Crippen molar-refractivity contribution in [3.05, 3.63) is 35.9 Å². The maximum absolute atomic E-state index is 9.04. The van der Waals surface area contributed by atoms with Crippen molar-refractivity contribution >= 4 is 11.6 Å². The van der Waals surface area contributed by atoms with E-state index in [1.807, 2.05) is 37.3 Å². The number of aliphatic hydroxyl groups excluding tert-OH is 1. The number of hydrogen-bond acceptors (Lipinski definition) is 1. The maximum atomic E-state index is 9.04. The van der Waals surface area contributed by atoms with Crippen LogP contribution in [0.1, 0.15) is 18.4 Å². The summed E-state index contributed by atoms with van der Waals surface area (Å²) in [5, 5.41) is 9.04. The summed E-state index contributed by atoms with van der Waals surface area (Å²) in [5.74, 6) is -0.00198. The summed E-state index contributed by atoms with van der Waals surface area (Å²) in [6.07, 6.45) is 0. The molecule has 1 rings (SSSR count). The van der Waals surface area contributed by atoms with E-state index in [9.17, 15) is 0 Å². The number of halogens is 1. The fourth-order valence-electron chi connectivity index (χ4n) is 0.915. The number of rotatable bonds is 2. The largest absolute Gasteiger partial charge is 0.377 e. The van der Waals surface area contributed by atoms with Crippen molar-refractivity contribution in [2.75, 3.05) is 0 Å². The van der Waals surface area contributed by atoms with Crippen molar-refractivity contribution in [2.45, 2.75) is 18.4 Å². The van der Waals surface area contributed by atoms with E-state index in [0.29, 0.717) is 0 Å². The quantitative estimate of drug-likeness (QED) is 0.676. The van der Waals surface area contributed by atoms with Crippen LogP contribution in [-0.2, 0) is 0 Å². The Kier molecular flexibility index (Phi) is 2.92. The lowest BCUT2D eigenvalue weighted by atomic mass is 10.0. The average molecular weight is 171 g/mol. The first-order chi connectivity index (χ1) is 5.22. The van der Waals surface area contributed by atoms with E-state index in [2.05, 4.69) is 0 Å². The fourth-order valence-corrected chi connectivity index (χ4v) is 1.06. The minimum Gasteiger partial charge on any atom is -0.377 e. The molecule has 1 aromatic carbocycles. The highest BCUT2D eigenvalue weighted by Gasteiger charge is 2.11. The second-order valence-corrected chi connectivity index (χ2v) is 3.02. The zero-order chi connectivity index (χ0) is 8.27. The second kappa shape index (κ2) is 3.74. The Hall–Kier alpha value is -0.530. The van der Waals surface area contributed by atoms with Gasteiger partial charge in [0.2, 0.25) is 0 Å². The van der Waals surface area contributed by atoms with E-state index < -0.39 is 5.56 Å². The zero-order valence-corrected chi connectivity index (χ0v) is 7.12. The summed E-state index contributed by atoms with van der Waals surface area (Å²) >= 11 is 5.52. The highest BCUT2D eigenvalue weighted by molar-refractivity contribution is 6.20. The van der Waals surface area contributed by atoms with Crippen LogP contribution in [-0.4, -0.2) is 10.7 Å². The Balaban J connectivity index is 2.77. The van der Waals surface area contributed by atoms with E-state index >= 15 is 0 Å². The first kappa shape index (κ1) is 8.57. The first-order valence-electron chi connectivity index (χ1n) is 3.59. The van der Waals surface area contributed by atoms with E-state index in [1.54, 1.807) is 0 Å². The van der Waals surface area contributed by atoms with Crippen LogP contribution in [0, 0.1) is 0 Å². The third-order valence-corrected chi connectivity index (χ3v) is 2.12. The van der Waals surface area contributed by atoms with Crippen molar-refractivity contribution in [3.8, 4) is 0 Å². The summed E-state index contributed by atoms with van der Waals surface area (Å²) in [7, 11) is 0. The van der Waals surface area contributed by atoms with Gasteiger partial charge < -0.3 is 5.11 Å². The van der Waals surface area contributed by atoms with Gasteiger partial charge in [-0.3, -0.25) is 0 Å². The molecule has 0 aliphatic heterocycles. The van der Waals surface area contributed by atoms with Crippen molar-refractivity contribution in [3.63, 3.8) is 0 Å². The lowest BCUT2D eigenvalue weighted by Crippen LogP contribution is -2.07. The van der Waals surface area contributed by atoms with Gasteiger partial charge in [-0.25, -0.2) is 0 Å². The monoisotopic (exact) mass is 170 g/mol. The molecule has 0 heterocycles. The van der Waals surface area contributed by atoms with Gasteiger partial charge in [0.05, 0.1) is 0 Å². The topological polar surface area (TPSA) is 20.2 Å². The average Bonchev–Trinajstić information content (AvgIpc) is 2.05. The van der Waals surface area contributed by atoms with E-state index in [-0.39, 0.29) is 5.92 Å². The SMILES string of the molecule is CC(c1ccccc1)C(O)Cl. The van der Waals surface area contributed by atoms with Crippen LogP contribution in [0.4, 0.5) is 0 Å². The fraction of sp³-hybridized carbons (Fsp3) is 0.333. The zero-order valence-electron chi connectivity index (χ0n) is 6.37. The van der Waals surface area contributed by atoms with Gasteiger partial charge in [0, 0.05) is 5.92 Å². The predicted octanol–water partition coefficient (Wildman–Crippen LogP) is 2.35. The molecule has 0 amide bonds. The molecule has 1 nitrogen and oxygen atoms in total. The Morgan fingerprint density at radius 1 is 1.27 bits per heavy atom. The van der Waals surface area contributed by atoms with Gasteiger partial charge in [-0.1, -0.05) is 48.9 Å². The molecule has 2 heteroatoms. The van der Waals surface area contributed by atoms with Gasteiger partial charge in [-0.2, -0.15) is 0 Å². The summed E-state index contributed by atoms with van der Waals surface area (Å²) in [4.78, 5) is 0. The van der Waals surface area contributed by atoms with Gasteiger partial charge in [0.25, 0.3) is 0 Å². The molecule has 0 bridgehead atoms. The Morgan fingerprint density at radius 3 is 2.27 bits per heavy atom. The number of benzene rings is 1. The third kappa shape index (κ3) is 2.21. The molecule has 0 saturated heterocycles. The molecular formula is C9H11ClO. The molecule has 0 fully saturated rings. The van der Waals surface area contributed by atoms with Gasteiger partial charge in [-0.05, 0) is 5.56 Å². The minimum atomic E-state index is -0.794. The smallest absolute Gasteiger partial charge is 0.134 e. The standard InChI is InChI=1S/C9H11ClO/c1-7(9(10)11)8-5-3-2-4-6-8/h2-7,9,11H,1H3. The lowest BCUT2D eigenvalue weighted by Gasteiger charge is -2.12. The van der Waals surface area contributed by atoms with Gasteiger partial charge in [0.1, 0.15) is 5.56 Å². The van der Waals surface area contributed by atoms with Crippen molar-refractivity contribution in [1.29, 1.82) is 0 Å². The molecule has 0 radical (unpaired) electrons. The van der Waals surface area contributed by atoms with Crippen molar-refractivity contribution < 1.29 is 5.11 Å². The van der Waals surface area contributed by atoms with E-state index in [4.69, 9.17) is 16.7 Å². The van der Waals surface area contributed by atoms with Crippen LogP contribution >= 0.6 is 11.6 Å². The van der Waals surface area contributed by atoms with Crippen LogP contribution in [0.2, 0.25) is 0 Å². The van der Waals surface area contributed by atoms with Gasteiger partial charge >= 0.3 is 0 Å². The van der Waals surface area contributed by atoms with Crippen LogP contribution in [0.15, 0.2) is 30.3 Å². The molecule has 0 aliphatic carbocycles. The molecule has 0 saturated carbocycles. The molecule has 1 aromatic rings. The molecule has 0 spiro atoms. The lowest BCUT2D eigenvalue weighted by molar-refractivity contribution is 0.230. The van der Waals surface area contributed by atoms with Crippen LogP contribution < -0.4 is 0 Å². The molecule has 2 unspecified atom stereocenters. The van der Waals surface area contributed by atoms with Crippen LogP contribution in [0.25, 0.3) is 0 Å². The number of hydrogen-bond donors (Lipinski definition) is 1. The molecule has 0 aliphatic rings. The normalized spacial score (nSPS) is 15.9.